The number of hydrogen-bond acceptors (Lipinski definition) is 7. The second-order valence-corrected chi connectivity index (χ2v) is 13.8. The van der Waals surface area contributed by atoms with E-state index in [0.29, 0.717) is 65.0 Å². The fourth-order valence-electron chi connectivity index (χ4n) is 7.42. The zero-order chi connectivity index (χ0) is 36.7. The van der Waals surface area contributed by atoms with Gasteiger partial charge in [-0.3, -0.25) is 24.4 Å². The summed E-state index contributed by atoms with van der Waals surface area (Å²) in [6.45, 7) is 9.94. The number of aromatic hydroxyl groups is 1. The van der Waals surface area contributed by atoms with Gasteiger partial charge in [-0.2, -0.15) is 5.26 Å². The van der Waals surface area contributed by atoms with Crippen molar-refractivity contribution in [2.75, 3.05) is 37.7 Å². The molecular weight excluding hydrogens is 654 g/mol. The first-order valence-electron chi connectivity index (χ1n) is 17.6. The van der Waals surface area contributed by atoms with Gasteiger partial charge < -0.3 is 23.9 Å². The molecule has 52 heavy (non-hydrogen) atoms. The summed E-state index contributed by atoms with van der Waals surface area (Å²) >= 11 is 0. The van der Waals surface area contributed by atoms with Crippen molar-refractivity contribution in [3.8, 4) is 23.1 Å². The molecule has 2 aliphatic rings. The van der Waals surface area contributed by atoms with E-state index in [2.05, 4.69) is 29.2 Å². The lowest BCUT2D eigenvalue weighted by Gasteiger charge is -2.40. The number of nitrogens with zero attached hydrogens (tertiary/aromatic N) is 7. The monoisotopic (exact) mass is 697 g/mol. The lowest BCUT2D eigenvalue weighted by Crippen LogP contribution is -2.52. The van der Waals surface area contributed by atoms with Crippen LogP contribution in [0, 0.1) is 32.1 Å². The molecular formula is C41H43N7O4. The summed E-state index contributed by atoms with van der Waals surface area (Å²) in [5.74, 6) is -0.385. The zero-order valence-corrected chi connectivity index (χ0v) is 30.3. The van der Waals surface area contributed by atoms with Crippen molar-refractivity contribution in [1.82, 2.24) is 23.9 Å². The number of morpholine rings is 1. The Morgan fingerprint density at radius 2 is 1.67 bits per heavy atom. The van der Waals surface area contributed by atoms with E-state index < -0.39 is 0 Å². The summed E-state index contributed by atoms with van der Waals surface area (Å²) in [5.41, 5.74) is 8.35. The van der Waals surface area contributed by atoms with Crippen LogP contribution in [0.3, 0.4) is 0 Å². The van der Waals surface area contributed by atoms with Gasteiger partial charge in [0.05, 0.1) is 30.2 Å². The van der Waals surface area contributed by atoms with E-state index >= 15 is 0 Å². The van der Waals surface area contributed by atoms with Crippen molar-refractivity contribution in [1.29, 1.82) is 5.26 Å². The molecule has 1 unspecified atom stereocenters. The van der Waals surface area contributed by atoms with Crippen molar-refractivity contribution in [2.24, 2.45) is 14.1 Å². The number of carbonyl (C=O) groups is 2. The number of anilines is 2. The molecule has 0 radical (unpaired) electrons. The van der Waals surface area contributed by atoms with Crippen LogP contribution in [0.1, 0.15) is 54.6 Å². The topological polar surface area (TPSA) is 120 Å². The number of aryl methyl sites for hydroxylation is 1. The Balaban J connectivity index is 1.29. The number of pyridine rings is 1. The molecule has 11 nitrogen and oxygen atoms in total. The van der Waals surface area contributed by atoms with Crippen molar-refractivity contribution in [3.63, 3.8) is 0 Å². The molecule has 1 saturated heterocycles. The molecule has 1 N–H and O–H groups in total. The van der Waals surface area contributed by atoms with Crippen molar-refractivity contribution >= 4 is 23.2 Å². The number of phenols is 1. The molecule has 0 saturated carbocycles. The van der Waals surface area contributed by atoms with Gasteiger partial charge in [-0.05, 0) is 86.3 Å². The van der Waals surface area contributed by atoms with Crippen molar-refractivity contribution in [3.05, 3.63) is 118 Å². The van der Waals surface area contributed by atoms with Crippen LogP contribution < -0.4 is 4.90 Å². The molecule has 2 aliphatic heterocycles. The van der Waals surface area contributed by atoms with Crippen LogP contribution in [-0.2, 0) is 31.8 Å². The quantitative estimate of drug-likeness (QED) is 0.228. The van der Waals surface area contributed by atoms with E-state index in [1.807, 2.05) is 55.5 Å². The molecule has 2 amide bonds. The number of fused-ring (bicyclic) bond motifs is 1. The molecule has 11 heteroatoms. The lowest BCUT2D eigenvalue weighted by atomic mass is 9.92. The molecule has 2 aromatic carbocycles. The van der Waals surface area contributed by atoms with Gasteiger partial charge in [-0.1, -0.05) is 24.3 Å². The predicted molar refractivity (Wildman–Crippen MR) is 199 cm³/mol. The molecule has 5 heterocycles. The lowest BCUT2D eigenvalue weighted by molar-refractivity contribution is 0.0191. The third kappa shape index (κ3) is 6.36. The van der Waals surface area contributed by atoms with E-state index in [-0.39, 0.29) is 23.6 Å². The van der Waals surface area contributed by atoms with Gasteiger partial charge in [0.15, 0.2) is 0 Å². The van der Waals surface area contributed by atoms with Crippen LogP contribution in [0.25, 0.3) is 11.3 Å². The van der Waals surface area contributed by atoms with Gasteiger partial charge >= 0.3 is 0 Å². The fraction of sp³-hybridized carbons (Fsp3) is 0.317. The number of nitriles is 1. The number of benzene rings is 2. The van der Waals surface area contributed by atoms with E-state index in [1.54, 1.807) is 40.9 Å². The molecule has 0 spiro atoms. The number of amides is 2. The van der Waals surface area contributed by atoms with Gasteiger partial charge in [0.2, 0.25) is 0 Å². The van der Waals surface area contributed by atoms with E-state index in [4.69, 9.17) is 9.72 Å². The van der Waals surface area contributed by atoms with Crippen molar-refractivity contribution < 1.29 is 19.4 Å². The highest BCUT2D eigenvalue weighted by atomic mass is 16.5. The summed E-state index contributed by atoms with van der Waals surface area (Å²) in [6.07, 6.45) is 2.48. The minimum Gasteiger partial charge on any atom is -0.508 e. The summed E-state index contributed by atoms with van der Waals surface area (Å²) in [6, 6.07) is 22.4. The Bertz CT molecular complexity index is 2200. The number of phenolic OH excluding ortho intramolecular Hbond substituents is 1. The highest BCUT2D eigenvalue weighted by Crippen LogP contribution is 2.36. The average Bonchev–Trinajstić information content (AvgIpc) is 3.61. The first-order chi connectivity index (χ1) is 25.0. The highest BCUT2D eigenvalue weighted by Gasteiger charge is 2.35. The van der Waals surface area contributed by atoms with Crippen LogP contribution in [0.4, 0.5) is 11.4 Å². The van der Waals surface area contributed by atoms with Gasteiger partial charge in [0.1, 0.15) is 23.2 Å². The molecule has 3 aromatic heterocycles. The fourth-order valence-corrected chi connectivity index (χ4v) is 7.42. The number of carbonyl (C=O) groups excluding carboxylic acids is 2. The molecule has 1 atom stereocenters. The first kappa shape index (κ1) is 34.7. The largest absolute Gasteiger partial charge is 0.508 e. The summed E-state index contributed by atoms with van der Waals surface area (Å²) in [5, 5.41) is 19.8. The third-order valence-electron chi connectivity index (χ3n) is 10.6. The van der Waals surface area contributed by atoms with E-state index in [1.165, 1.54) is 17.7 Å². The molecule has 266 valence electrons. The Morgan fingerprint density at radius 3 is 2.37 bits per heavy atom. The van der Waals surface area contributed by atoms with Gasteiger partial charge in [-0.15, -0.1) is 0 Å². The van der Waals surface area contributed by atoms with Gasteiger partial charge in [0, 0.05) is 75.2 Å². The number of aromatic nitrogens is 3. The van der Waals surface area contributed by atoms with Crippen LogP contribution in [0.2, 0.25) is 0 Å². The van der Waals surface area contributed by atoms with Gasteiger partial charge in [0.25, 0.3) is 11.8 Å². The van der Waals surface area contributed by atoms with Crippen LogP contribution in [0.15, 0.2) is 72.9 Å². The normalized spacial score (nSPS) is 16.0. The number of ether oxygens (including phenoxy) is 1. The van der Waals surface area contributed by atoms with Crippen molar-refractivity contribution in [2.45, 2.75) is 39.8 Å². The second-order valence-electron chi connectivity index (χ2n) is 13.8. The molecule has 1 fully saturated rings. The SMILES string of the molecule is Cc1cnc(C(=O)N2Cc3ccccc3CC2CN2CCOCC2)c(-c2cc(C(=O)N(c3ccc(O)cc3)c3cc(C#N)n(C)c3C)c(C)n2C)c1. The predicted octanol–water partition coefficient (Wildman–Crippen LogP) is 5.81. The Hall–Kier alpha value is -5.70. The van der Waals surface area contributed by atoms with Crippen LogP contribution in [-0.4, -0.2) is 79.7 Å². The maximum absolute atomic E-state index is 14.8. The number of hydrogen-bond donors (Lipinski definition) is 1. The van der Waals surface area contributed by atoms with E-state index in [0.717, 1.165) is 42.9 Å². The summed E-state index contributed by atoms with van der Waals surface area (Å²) < 4.78 is 9.29. The zero-order valence-electron chi connectivity index (χ0n) is 30.3. The maximum Gasteiger partial charge on any atom is 0.273 e. The van der Waals surface area contributed by atoms with E-state index in [9.17, 15) is 20.0 Å². The molecule has 0 bridgehead atoms. The smallest absolute Gasteiger partial charge is 0.273 e. The minimum absolute atomic E-state index is 0.0463. The van der Waals surface area contributed by atoms with Gasteiger partial charge in [-0.25, -0.2) is 0 Å². The standard InChI is InChI=1S/C41H43N7O4/c1-26-18-36(39(43-23-26)41(51)47-24-30-9-7-6-8-29(30)19-33(47)25-46-14-16-52-17-15-46)38-21-35(27(2)45(38)5)40(50)48(31-10-12-34(49)13-11-31)37-20-32(22-42)44(4)28(37)3/h6-13,18,20-21,23,33,49H,14-17,19,24-25H2,1-5H3. The average molecular weight is 698 g/mol. The number of rotatable bonds is 7. The van der Waals surface area contributed by atoms with Crippen LogP contribution >= 0.6 is 0 Å². The van der Waals surface area contributed by atoms with Crippen LogP contribution in [0.5, 0.6) is 5.75 Å². The molecule has 7 rings (SSSR count). The Kier molecular flexibility index (Phi) is 9.44. The first-order valence-corrected chi connectivity index (χ1v) is 17.6. The molecule has 0 aliphatic carbocycles. The summed E-state index contributed by atoms with van der Waals surface area (Å²) in [4.78, 5) is 40.2. The third-order valence-corrected chi connectivity index (χ3v) is 10.6. The summed E-state index contributed by atoms with van der Waals surface area (Å²) in [7, 11) is 3.68. The minimum atomic E-state index is -0.310. The second kappa shape index (κ2) is 14.1. The highest BCUT2D eigenvalue weighted by molar-refractivity contribution is 6.13. The maximum atomic E-state index is 14.8. The Labute approximate surface area is 303 Å². The molecule has 5 aromatic rings. The Morgan fingerprint density at radius 1 is 0.962 bits per heavy atom.